The van der Waals surface area contributed by atoms with E-state index in [-0.39, 0.29) is 24.4 Å². The number of nitrogens with zero attached hydrogens (tertiary/aromatic N) is 3. The Bertz CT molecular complexity index is 1930. The van der Waals surface area contributed by atoms with Crippen LogP contribution in [0.1, 0.15) is 45.5 Å². The van der Waals surface area contributed by atoms with E-state index < -0.39 is 5.97 Å². The number of hydrogen-bond acceptors (Lipinski definition) is 10. The van der Waals surface area contributed by atoms with E-state index in [2.05, 4.69) is 54.2 Å². The minimum absolute atomic E-state index is 0.0918. The summed E-state index contributed by atoms with van der Waals surface area (Å²) >= 11 is 0. The zero-order chi connectivity index (χ0) is 35.8. The number of fused-ring (bicyclic) bond motifs is 2. The number of methoxy groups -OCH3 is 3. The fourth-order valence-corrected chi connectivity index (χ4v) is 7.58. The van der Waals surface area contributed by atoms with Gasteiger partial charge in [-0.3, -0.25) is 19.5 Å². The molecule has 10 heteroatoms. The standard InChI is InChI=1S/C41H47N3O7/c1-42(2)24-38(45)51-40-37(48-7)22-28-15-17-44(4)32-19-26-10-13-33(46-5)35(20-26)49-29-11-8-25(9-12-29)18-31-30-23-36(50-41(40)39(28)32)34(47-6)21-27(30)14-16-43(31)3/h8-13,20-23,31-32H,14-19,24H2,1-7H3/t31-,32-/m0/s1. The van der Waals surface area contributed by atoms with Crippen molar-refractivity contribution in [3.05, 3.63) is 94.0 Å². The Morgan fingerprint density at radius 3 is 2.08 bits per heavy atom. The number of carbonyl (C=O) groups is 1. The number of hydrogen-bond donors (Lipinski definition) is 0. The van der Waals surface area contributed by atoms with E-state index in [0.717, 1.165) is 54.8 Å². The van der Waals surface area contributed by atoms with E-state index >= 15 is 0 Å². The van der Waals surface area contributed by atoms with E-state index in [1.807, 2.05) is 44.4 Å². The fraction of sp³-hybridized carbons (Fsp3) is 0.390. The summed E-state index contributed by atoms with van der Waals surface area (Å²) in [6, 6.07) is 20.6. The van der Waals surface area contributed by atoms with Crippen molar-refractivity contribution in [2.75, 3.05) is 69.2 Å². The average molecular weight is 694 g/mol. The number of ether oxygens (including phenoxy) is 6. The van der Waals surface area contributed by atoms with Crippen molar-refractivity contribution in [1.82, 2.24) is 14.7 Å². The van der Waals surface area contributed by atoms with Crippen LogP contribution in [0.25, 0.3) is 0 Å². The lowest BCUT2D eigenvalue weighted by Gasteiger charge is -2.37. The van der Waals surface area contributed by atoms with Crippen LogP contribution in [0.15, 0.2) is 60.7 Å². The third-order valence-electron chi connectivity index (χ3n) is 10.3. The van der Waals surface area contributed by atoms with E-state index in [0.29, 0.717) is 40.9 Å². The van der Waals surface area contributed by atoms with Crippen LogP contribution < -0.4 is 28.4 Å². The lowest BCUT2D eigenvalue weighted by Crippen LogP contribution is -2.34. The maximum atomic E-state index is 13.3. The highest BCUT2D eigenvalue weighted by Crippen LogP contribution is 2.52. The van der Waals surface area contributed by atoms with Gasteiger partial charge in [0.1, 0.15) is 5.75 Å². The van der Waals surface area contributed by atoms with Crippen molar-refractivity contribution >= 4 is 5.97 Å². The molecule has 4 aromatic carbocycles. The van der Waals surface area contributed by atoms with E-state index in [4.69, 9.17) is 28.4 Å². The summed E-state index contributed by atoms with van der Waals surface area (Å²) in [6.07, 6.45) is 3.08. The molecule has 10 nitrogen and oxygen atoms in total. The van der Waals surface area contributed by atoms with Crippen LogP contribution in [0.4, 0.5) is 0 Å². The predicted molar refractivity (Wildman–Crippen MR) is 195 cm³/mol. The van der Waals surface area contributed by atoms with Crippen molar-refractivity contribution in [3.8, 4) is 46.0 Å². The fourth-order valence-electron chi connectivity index (χ4n) is 7.58. The molecule has 4 heterocycles. The molecule has 2 atom stereocenters. The molecule has 0 saturated heterocycles. The van der Waals surface area contributed by atoms with Gasteiger partial charge in [-0.1, -0.05) is 18.2 Å². The van der Waals surface area contributed by atoms with Gasteiger partial charge in [-0.05, 0) is 124 Å². The van der Waals surface area contributed by atoms with Crippen molar-refractivity contribution in [2.24, 2.45) is 0 Å². The highest BCUT2D eigenvalue weighted by molar-refractivity contribution is 5.78. The van der Waals surface area contributed by atoms with Crippen LogP contribution >= 0.6 is 0 Å². The van der Waals surface area contributed by atoms with Gasteiger partial charge in [0.25, 0.3) is 0 Å². The van der Waals surface area contributed by atoms with Crippen LogP contribution in [-0.2, 0) is 30.5 Å². The van der Waals surface area contributed by atoms with Crippen LogP contribution in [0.2, 0.25) is 0 Å². The van der Waals surface area contributed by atoms with Gasteiger partial charge in [-0.15, -0.1) is 0 Å². The third-order valence-corrected chi connectivity index (χ3v) is 10.3. The van der Waals surface area contributed by atoms with E-state index in [1.54, 1.807) is 26.2 Å². The molecule has 4 aliphatic heterocycles. The molecule has 0 aliphatic carbocycles. The number of esters is 1. The molecule has 0 amide bonds. The molecule has 0 unspecified atom stereocenters. The normalized spacial score (nSPS) is 18.5. The molecular formula is C41H47N3O7. The SMILES string of the molecule is COc1ccc2cc1Oc1ccc(cc1)C[C@H]1c3cc(c(OC)cc3CCN1C)Oc1c(OC(=O)CN(C)C)c(OC)cc3c1[C@H](C2)N(C)CC3. The first-order chi connectivity index (χ1) is 24.6. The van der Waals surface area contributed by atoms with Crippen molar-refractivity contribution in [1.29, 1.82) is 0 Å². The van der Waals surface area contributed by atoms with E-state index in [1.165, 1.54) is 16.7 Å². The van der Waals surface area contributed by atoms with E-state index in [9.17, 15) is 4.79 Å². The van der Waals surface area contributed by atoms with Crippen LogP contribution in [0.5, 0.6) is 46.0 Å². The molecule has 0 spiro atoms. The number of benzene rings is 4. The van der Waals surface area contributed by atoms with Crippen LogP contribution in [0, 0.1) is 0 Å². The molecule has 6 bridgehead atoms. The predicted octanol–water partition coefficient (Wildman–Crippen LogP) is 6.62. The van der Waals surface area contributed by atoms with Crippen molar-refractivity contribution in [2.45, 2.75) is 37.8 Å². The summed E-state index contributed by atoms with van der Waals surface area (Å²) in [5.41, 5.74) is 6.67. The largest absolute Gasteiger partial charge is 0.493 e. The summed E-state index contributed by atoms with van der Waals surface area (Å²) < 4.78 is 37.4. The number of rotatable bonds is 6. The Morgan fingerprint density at radius 1 is 0.745 bits per heavy atom. The smallest absolute Gasteiger partial charge is 0.325 e. The van der Waals surface area contributed by atoms with Gasteiger partial charge in [0, 0.05) is 30.7 Å². The zero-order valence-corrected chi connectivity index (χ0v) is 30.6. The second-order valence-corrected chi connectivity index (χ2v) is 14.0. The van der Waals surface area contributed by atoms with Gasteiger partial charge in [0.05, 0.1) is 27.9 Å². The van der Waals surface area contributed by atoms with Gasteiger partial charge in [0.2, 0.25) is 5.75 Å². The minimum Gasteiger partial charge on any atom is -0.493 e. The summed E-state index contributed by atoms with van der Waals surface area (Å²) in [4.78, 5) is 19.8. The molecule has 4 aromatic rings. The molecule has 268 valence electrons. The molecule has 4 aliphatic rings. The molecular weight excluding hydrogens is 646 g/mol. The van der Waals surface area contributed by atoms with Gasteiger partial charge in [-0.2, -0.15) is 0 Å². The van der Waals surface area contributed by atoms with Gasteiger partial charge in [0.15, 0.2) is 34.5 Å². The second-order valence-electron chi connectivity index (χ2n) is 14.0. The third kappa shape index (κ3) is 6.96. The highest BCUT2D eigenvalue weighted by Gasteiger charge is 2.35. The molecule has 0 N–H and O–H groups in total. The van der Waals surface area contributed by atoms with Crippen molar-refractivity contribution < 1.29 is 33.2 Å². The Hall–Kier alpha value is -4.77. The van der Waals surface area contributed by atoms with Crippen LogP contribution in [-0.4, -0.2) is 89.8 Å². The average Bonchev–Trinajstić information content (AvgIpc) is 3.11. The van der Waals surface area contributed by atoms with Crippen molar-refractivity contribution in [3.63, 3.8) is 0 Å². The number of likely N-dealkylation sites (N-methyl/N-ethyl adjacent to an activating group) is 3. The summed E-state index contributed by atoms with van der Waals surface area (Å²) in [5, 5.41) is 0. The lowest BCUT2D eigenvalue weighted by molar-refractivity contribution is -0.135. The summed E-state index contributed by atoms with van der Waals surface area (Å²) in [5.74, 6) is 3.95. The maximum absolute atomic E-state index is 13.3. The molecule has 0 aromatic heterocycles. The monoisotopic (exact) mass is 693 g/mol. The molecule has 8 rings (SSSR count). The quantitative estimate of drug-likeness (QED) is 0.162. The zero-order valence-electron chi connectivity index (χ0n) is 30.6. The van der Waals surface area contributed by atoms with Crippen LogP contribution in [0.3, 0.4) is 0 Å². The van der Waals surface area contributed by atoms with Gasteiger partial charge >= 0.3 is 5.97 Å². The first-order valence-electron chi connectivity index (χ1n) is 17.5. The second kappa shape index (κ2) is 14.5. The molecule has 51 heavy (non-hydrogen) atoms. The Labute approximate surface area is 300 Å². The van der Waals surface area contributed by atoms with Gasteiger partial charge < -0.3 is 28.4 Å². The Kier molecular flexibility index (Phi) is 9.83. The first-order valence-corrected chi connectivity index (χ1v) is 17.5. The topological polar surface area (TPSA) is 82.2 Å². The Balaban J connectivity index is 1.47. The maximum Gasteiger partial charge on any atom is 0.325 e. The first kappa shape index (κ1) is 34.7. The highest BCUT2D eigenvalue weighted by atomic mass is 16.6. The molecule has 0 radical (unpaired) electrons. The summed E-state index contributed by atoms with van der Waals surface area (Å²) in [7, 11) is 12.9. The van der Waals surface area contributed by atoms with Gasteiger partial charge in [-0.25, -0.2) is 0 Å². The lowest BCUT2D eigenvalue weighted by atomic mass is 9.87. The molecule has 0 fully saturated rings. The Morgan fingerprint density at radius 2 is 1.37 bits per heavy atom. The minimum atomic E-state index is -0.417. The number of carbonyl (C=O) groups excluding carboxylic acids is 1. The molecule has 0 saturated carbocycles. The summed E-state index contributed by atoms with van der Waals surface area (Å²) in [6.45, 7) is 1.83.